The molecule has 4 amide bonds. The minimum absolute atomic E-state index is 0.0586. The Hall–Kier alpha value is -1.46. The average molecular weight is 326 g/mol. The van der Waals surface area contributed by atoms with Crippen LogP contribution in [-0.4, -0.2) is 31.2 Å². The lowest BCUT2D eigenvalue weighted by Crippen LogP contribution is -2.53. The molecule has 0 saturated heterocycles. The van der Waals surface area contributed by atoms with Crippen molar-refractivity contribution in [2.45, 2.75) is 66.8 Å². The van der Waals surface area contributed by atoms with Gasteiger partial charge in [-0.1, -0.05) is 41.5 Å². The van der Waals surface area contributed by atoms with Gasteiger partial charge in [0.05, 0.1) is 0 Å². The van der Waals surface area contributed by atoms with E-state index < -0.39 is 6.03 Å². The normalized spacial score (nSPS) is 27.1. The number of urea groups is 2. The van der Waals surface area contributed by atoms with Crippen LogP contribution < -0.4 is 21.7 Å². The Labute approximate surface area is 140 Å². The third kappa shape index (κ3) is 7.57. The van der Waals surface area contributed by atoms with E-state index in [1.54, 1.807) is 0 Å². The van der Waals surface area contributed by atoms with Crippen molar-refractivity contribution in [2.24, 2.45) is 22.0 Å². The molecule has 0 aromatic carbocycles. The summed E-state index contributed by atoms with van der Waals surface area (Å²) in [6.45, 7) is 14.0. The van der Waals surface area contributed by atoms with Gasteiger partial charge >= 0.3 is 12.1 Å². The van der Waals surface area contributed by atoms with Gasteiger partial charge in [0.1, 0.15) is 0 Å². The van der Waals surface area contributed by atoms with Crippen molar-refractivity contribution in [1.29, 1.82) is 0 Å². The molecule has 0 radical (unpaired) electrons. The molecule has 1 aliphatic rings. The molecule has 1 rings (SSSR count). The number of primary amides is 1. The van der Waals surface area contributed by atoms with Gasteiger partial charge in [0.2, 0.25) is 0 Å². The van der Waals surface area contributed by atoms with Gasteiger partial charge in [-0.2, -0.15) is 0 Å². The molecule has 5 N–H and O–H groups in total. The molecule has 0 aromatic heterocycles. The molecule has 1 fully saturated rings. The van der Waals surface area contributed by atoms with Gasteiger partial charge < -0.3 is 21.7 Å². The number of carbonyl (C=O) groups is 2. The van der Waals surface area contributed by atoms with Crippen molar-refractivity contribution in [1.82, 2.24) is 16.0 Å². The minimum Gasteiger partial charge on any atom is -0.352 e. The molecule has 1 saturated carbocycles. The Morgan fingerprint density at radius 1 is 1.13 bits per heavy atom. The summed E-state index contributed by atoms with van der Waals surface area (Å²) in [5.74, 6) is 0. The van der Waals surface area contributed by atoms with E-state index in [0.29, 0.717) is 13.1 Å². The molecule has 0 spiro atoms. The number of amides is 4. The van der Waals surface area contributed by atoms with E-state index in [1.165, 1.54) is 0 Å². The summed E-state index contributed by atoms with van der Waals surface area (Å²) in [5.41, 5.74) is 5.30. The van der Waals surface area contributed by atoms with Gasteiger partial charge in [-0.15, -0.1) is 0 Å². The molecule has 134 valence electrons. The first-order chi connectivity index (χ1) is 10.3. The lowest BCUT2D eigenvalue weighted by atomic mass is 9.62. The molecule has 1 aliphatic carbocycles. The fourth-order valence-electron chi connectivity index (χ4n) is 3.75. The highest BCUT2D eigenvalue weighted by molar-refractivity contribution is 5.74. The predicted octanol–water partition coefficient (Wildman–Crippen LogP) is 2.58. The second-order valence-electron chi connectivity index (χ2n) is 9.36. The second kappa shape index (κ2) is 6.97. The van der Waals surface area contributed by atoms with Crippen LogP contribution in [0.15, 0.2) is 0 Å². The first kappa shape index (κ1) is 19.6. The highest BCUT2D eigenvalue weighted by Gasteiger charge is 2.41. The van der Waals surface area contributed by atoms with E-state index in [-0.39, 0.29) is 28.3 Å². The molecule has 6 nitrogen and oxygen atoms in total. The van der Waals surface area contributed by atoms with E-state index in [0.717, 1.165) is 19.3 Å². The zero-order chi connectivity index (χ0) is 17.9. The predicted molar refractivity (Wildman–Crippen MR) is 93.1 cm³/mol. The van der Waals surface area contributed by atoms with Gasteiger partial charge in [0, 0.05) is 19.1 Å². The Morgan fingerprint density at radius 3 is 2.26 bits per heavy atom. The highest BCUT2D eigenvalue weighted by atomic mass is 16.2. The zero-order valence-corrected chi connectivity index (χ0v) is 15.5. The Morgan fingerprint density at radius 2 is 1.74 bits per heavy atom. The minimum atomic E-state index is -0.498. The van der Waals surface area contributed by atoms with Crippen LogP contribution in [0.4, 0.5) is 9.59 Å². The van der Waals surface area contributed by atoms with Crippen LogP contribution >= 0.6 is 0 Å². The summed E-state index contributed by atoms with van der Waals surface area (Å²) in [7, 11) is 0. The highest BCUT2D eigenvalue weighted by Crippen LogP contribution is 2.45. The molecule has 2 unspecified atom stereocenters. The summed E-state index contributed by atoms with van der Waals surface area (Å²) in [6.07, 6.45) is 2.75. The van der Waals surface area contributed by atoms with Crippen LogP contribution in [0, 0.1) is 16.2 Å². The third-order valence-corrected chi connectivity index (χ3v) is 4.25. The molecule has 0 aromatic rings. The quantitative estimate of drug-likeness (QED) is 0.639. The first-order valence-electron chi connectivity index (χ1n) is 8.38. The molecule has 23 heavy (non-hydrogen) atoms. The number of hydrogen-bond acceptors (Lipinski definition) is 2. The summed E-state index contributed by atoms with van der Waals surface area (Å²) < 4.78 is 0. The van der Waals surface area contributed by atoms with Gasteiger partial charge in [0.15, 0.2) is 0 Å². The van der Waals surface area contributed by atoms with Crippen LogP contribution in [0.2, 0.25) is 0 Å². The summed E-state index contributed by atoms with van der Waals surface area (Å²) in [4.78, 5) is 23.1. The number of rotatable bonds is 4. The van der Waals surface area contributed by atoms with Crippen molar-refractivity contribution in [3.8, 4) is 0 Å². The molecule has 6 heteroatoms. The van der Waals surface area contributed by atoms with E-state index in [1.807, 2.05) is 0 Å². The SMILES string of the molecule is CC(C)(C)CNC(=O)NC1CC(C)(C)CC(C)(CNC(N)=O)C1. The monoisotopic (exact) mass is 326 g/mol. The Balaban J connectivity index is 2.64. The van der Waals surface area contributed by atoms with Crippen molar-refractivity contribution in [3.63, 3.8) is 0 Å². The standard InChI is InChI=1S/C17H34N4O2/c1-15(2,3)10-20-14(23)21-12-7-16(4,5)9-17(6,8-12)11-19-13(18)22/h12H,7-11H2,1-6H3,(H3,18,19,22)(H2,20,21,23). The number of nitrogens with two attached hydrogens (primary N) is 1. The maximum atomic E-state index is 12.1. The van der Waals surface area contributed by atoms with Crippen LogP contribution in [-0.2, 0) is 0 Å². The van der Waals surface area contributed by atoms with E-state index in [9.17, 15) is 9.59 Å². The summed E-state index contributed by atoms with van der Waals surface area (Å²) in [6, 6.07) is -0.520. The molecule has 0 heterocycles. The summed E-state index contributed by atoms with van der Waals surface area (Å²) in [5, 5.41) is 8.75. The fourth-order valence-corrected chi connectivity index (χ4v) is 3.75. The van der Waals surface area contributed by atoms with Gasteiger partial charge in [-0.3, -0.25) is 0 Å². The van der Waals surface area contributed by atoms with Crippen LogP contribution in [0.25, 0.3) is 0 Å². The van der Waals surface area contributed by atoms with E-state index in [2.05, 4.69) is 57.5 Å². The van der Waals surface area contributed by atoms with Crippen LogP contribution in [0.1, 0.15) is 60.8 Å². The zero-order valence-electron chi connectivity index (χ0n) is 15.5. The van der Waals surface area contributed by atoms with Crippen molar-refractivity contribution in [3.05, 3.63) is 0 Å². The Bertz CT molecular complexity index is 442. The van der Waals surface area contributed by atoms with Crippen molar-refractivity contribution < 1.29 is 9.59 Å². The van der Waals surface area contributed by atoms with Gasteiger partial charge in [0.25, 0.3) is 0 Å². The number of nitrogens with one attached hydrogen (secondary N) is 3. The molecule has 2 atom stereocenters. The average Bonchev–Trinajstić information content (AvgIpc) is 2.31. The van der Waals surface area contributed by atoms with Crippen LogP contribution in [0.3, 0.4) is 0 Å². The summed E-state index contributed by atoms with van der Waals surface area (Å²) >= 11 is 0. The number of hydrogen-bond donors (Lipinski definition) is 4. The topological polar surface area (TPSA) is 96.2 Å². The second-order valence-corrected chi connectivity index (χ2v) is 9.36. The first-order valence-corrected chi connectivity index (χ1v) is 8.38. The van der Waals surface area contributed by atoms with Gasteiger partial charge in [-0.05, 0) is 35.5 Å². The maximum absolute atomic E-state index is 12.1. The number of carbonyl (C=O) groups excluding carboxylic acids is 2. The third-order valence-electron chi connectivity index (χ3n) is 4.25. The van der Waals surface area contributed by atoms with E-state index in [4.69, 9.17) is 5.73 Å². The van der Waals surface area contributed by atoms with E-state index >= 15 is 0 Å². The lowest BCUT2D eigenvalue weighted by Gasteiger charge is -2.46. The molecule has 0 bridgehead atoms. The van der Waals surface area contributed by atoms with Crippen molar-refractivity contribution in [2.75, 3.05) is 13.1 Å². The smallest absolute Gasteiger partial charge is 0.315 e. The largest absolute Gasteiger partial charge is 0.352 e. The van der Waals surface area contributed by atoms with Crippen molar-refractivity contribution >= 4 is 12.1 Å². The van der Waals surface area contributed by atoms with Gasteiger partial charge in [-0.25, -0.2) is 9.59 Å². The maximum Gasteiger partial charge on any atom is 0.315 e. The fraction of sp³-hybridized carbons (Fsp3) is 0.882. The molecule has 0 aliphatic heterocycles. The molecular weight excluding hydrogens is 292 g/mol. The Kier molecular flexibility index (Phi) is 5.94. The van der Waals surface area contributed by atoms with Crippen LogP contribution in [0.5, 0.6) is 0 Å². The molecular formula is C17H34N4O2. The lowest BCUT2D eigenvalue weighted by molar-refractivity contribution is 0.0751.